The third-order valence-corrected chi connectivity index (χ3v) is 3.58. The highest BCUT2D eigenvalue weighted by atomic mass is 19.3. The number of hydrogen-bond acceptors (Lipinski definition) is 2. The summed E-state index contributed by atoms with van der Waals surface area (Å²) >= 11 is 0. The molecule has 23 heavy (non-hydrogen) atoms. The number of halogens is 2. The molecule has 0 heterocycles. The molecule has 0 spiro atoms. The molecule has 3 nitrogen and oxygen atoms in total. The number of para-hydroxylation sites is 1. The van der Waals surface area contributed by atoms with Gasteiger partial charge >= 0.3 is 6.61 Å². The summed E-state index contributed by atoms with van der Waals surface area (Å²) in [7, 11) is 0. The molecule has 0 aliphatic carbocycles. The largest absolute Gasteiger partial charge is 0.434 e. The lowest BCUT2D eigenvalue weighted by Crippen LogP contribution is -2.26. The Morgan fingerprint density at radius 1 is 1.09 bits per heavy atom. The van der Waals surface area contributed by atoms with Crippen molar-refractivity contribution in [1.82, 2.24) is 5.32 Å². The molecular weight excluding hydrogens is 300 g/mol. The van der Waals surface area contributed by atoms with E-state index in [1.807, 2.05) is 30.3 Å². The summed E-state index contributed by atoms with van der Waals surface area (Å²) in [5.41, 5.74) is 1.31. The molecule has 0 aliphatic rings. The van der Waals surface area contributed by atoms with Crippen LogP contribution >= 0.6 is 0 Å². The lowest BCUT2D eigenvalue weighted by molar-refractivity contribution is -0.0501. The first-order valence-corrected chi connectivity index (χ1v) is 7.45. The standard InChI is InChI=1S/C18H19F2NO2/c1-13(14-7-3-2-4-8-14)11-12-21-17(22)15-9-5-6-10-16(15)23-18(19)20/h2-10,13,18H,11-12H2,1H3,(H,21,22). The van der Waals surface area contributed by atoms with E-state index in [4.69, 9.17) is 0 Å². The highest BCUT2D eigenvalue weighted by molar-refractivity contribution is 5.96. The van der Waals surface area contributed by atoms with Gasteiger partial charge in [-0.05, 0) is 30.0 Å². The SMILES string of the molecule is CC(CCNC(=O)c1ccccc1OC(F)F)c1ccccc1. The fourth-order valence-electron chi connectivity index (χ4n) is 2.30. The van der Waals surface area contributed by atoms with Crippen LogP contribution in [-0.2, 0) is 0 Å². The Balaban J connectivity index is 1.90. The van der Waals surface area contributed by atoms with Crippen LogP contribution in [0, 0.1) is 0 Å². The third kappa shape index (κ3) is 5.06. The van der Waals surface area contributed by atoms with E-state index >= 15 is 0 Å². The van der Waals surface area contributed by atoms with Gasteiger partial charge in [0, 0.05) is 6.54 Å². The van der Waals surface area contributed by atoms with Crippen LogP contribution in [0.15, 0.2) is 54.6 Å². The molecule has 0 aromatic heterocycles. The minimum absolute atomic E-state index is 0.111. The Labute approximate surface area is 134 Å². The average molecular weight is 319 g/mol. The van der Waals surface area contributed by atoms with Crippen molar-refractivity contribution < 1.29 is 18.3 Å². The molecule has 1 atom stereocenters. The summed E-state index contributed by atoms with van der Waals surface area (Å²) < 4.78 is 29.1. The summed E-state index contributed by atoms with van der Waals surface area (Å²) in [6.07, 6.45) is 0.758. The maximum absolute atomic E-state index is 12.4. The molecule has 0 fully saturated rings. The molecule has 2 aromatic carbocycles. The first-order chi connectivity index (χ1) is 11.1. The minimum Gasteiger partial charge on any atom is -0.434 e. The van der Waals surface area contributed by atoms with Crippen LogP contribution in [-0.4, -0.2) is 19.1 Å². The molecule has 0 bridgehead atoms. The van der Waals surface area contributed by atoms with Crippen LogP contribution in [0.5, 0.6) is 5.75 Å². The monoisotopic (exact) mass is 319 g/mol. The van der Waals surface area contributed by atoms with Gasteiger partial charge in [0.15, 0.2) is 0 Å². The van der Waals surface area contributed by atoms with Gasteiger partial charge in [-0.15, -0.1) is 0 Å². The summed E-state index contributed by atoms with van der Waals surface area (Å²) in [6, 6.07) is 16.0. The molecule has 1 N–H and O–H groups in total. The zero-order valence-corrected chi connectivity index (χ0v) is 12.8. The highest BCUT2D eigenvalue weighted by Gasteiger charge is 2.15. The lowest BCUT2D eigenvalue weighted by atomic mass is 9.98. The zero-order valence-electron chi connectivity index (χ0n) is 12.8. The van der Waals surface area contributed by atoms with Crippen LogP contribution in [0.2, 0.25) is 0 Å². The van der Waals surface area contributed by atoms with Gasteiger partial charge in [0.25, 0.3) is 5.91 Å². The number of carbonyl (C=O) groups is 1. The van der Waals surface area contributed by atoms with Crippen molar-refractivity contribution >= 4 is 5.91 Å². The van der Waals surface area contributed by atoms with E-state index in [0.29, 0.717) is 12.5 Å². The van der Waals surface area contributed by atoms with E-state index < -0.39 is 12.5 Å². The van der Waals surface area contributed by atoms with Gasteiger partial charge < -0.3 is 10.1 Å². The first-order valence-electron chi connectivity index (χ1n) is 7.45. The fourth-order valence-corrected chi connectivity index (χ4v) is 2.30. The molecule has 1 amide bonds. The zero-order chi connectivity index (χ0) is 16.7. The maximum atomic E-state index is 12.4. The number of ether oxygens (including phenoxy) is 1. The van der Waals surface area contributed by atoms with Crippen molar-refractivity contribution in [3.63, 3.8) is 0 Å². The topological polar surface area (TPSA) is 38.3 Å². The number of rotatable bonds is 7. The van der Waals surface area contributed by atoms with E-state index in [0.717, 1.165) is 6.42 Å². The van der Waals surface area contributed by atoms with E-state index in [1.54, 1.807) is 12.1 Å². The average Bonchev–Trinajstić information content (AvgIpc) is 2.55. The Hall–Kier alpha value is -2.43. The molecule has 5 heteroatoms. The van der Waals surface area contributed by atoms with Crippen molar-refractivity contribution in [2.45, 2.75) is 25.9 Å². The highest BCUT2D eigenvalue weighted by Crippen LogP contribution is 2.21. The molecule has 0 radical (unpaired) electrons. The Morgan fingerprint density at radius 3 is 2.43 bits per heavy atom. The minimum atomic E-state index is -2.96. The Bertz CT molecular complexity index is 632. The summed E-state index contributed by atoms with van der Waals surface area (Å²) in [5, 5.41) is 2.75. The van der Waals surface area contributed by atoms with Gasteiger partial charge in [0.05, 0.1) is 5.56 Å². The summed E-state index contributed by atoms with van der Waals surface area (Å²) in [6.45, 7) is -0.421. The van der Waals surface area contributed by atoms with E-state index in [2.05, 4.69) is 17.0 Å². The molecule has 2 rings (SSSR count). The second kappa shape index (κ2) is 8.27. The maximum Gasteiger partial charge on any atom is 0.387 e. The second-order valence-electron chi connectivity index (χ2n) is 5.23. The normalized spacial score (nSPS) is 12.0. The van der Waals surface area contributed by atoms with Crippen LogP contribution < -0.4 is 10.1 Å². The molecule has 1 unspecified atom stereocenters. The van der Waals surface area contributed by atoms with Gasteiger partial charge in [-0.25, -0.2) is 0 Å². The molecule has 0 saturated carbocycles. The predicted molar refractivity (Wildman–Crippen MR) is 84.9 cm³/mol. The van der Waals surface area contributed by atoms with Crippen LogP contribution in [0.1, 0.15) is 35.2 Å². The summed E-state index contributed by atoms with van der Waals surface area (Å²) in [5.74, 6) is -0.235. The van der Waals surface area contributed by atoms with Crippen molar-refractivity contribution in [3.8, 4) is 5.75 Å². The van der Waals surface area contributed by atoms with Gasteiger partial charge in [-0.3, -0.25) is 4.79 Å². The van der Waals surface area contributed by atoms with Crippen molar-refractivity contribution in [2.75, 3.05) is 6.54 Å². The first kappa shape index (κ1) is 16.9. The van der Waals surface area contributed by atoms with E-state index in [-0.39, 0.29) is 11.3 Å². The molecule has 0 saturated heterocycles. The quantitative estimate of drug-likeness (QED) is 0.830. The van der Waals surface area contributed by atoms with Crippen LogP contribution in [0.4, 0.5) is 8.78 Å². The van der Waals surface area contributed by atoms with Crippen molar-refractivity contribution in [1.29, 1.82) is 0 Å². The Kier molecular flexibility index (Phi) is 6.09. The molecule has 2 aromatic rings. The van der Waals surface area contributed by atoms with E-state index in [9.17, 15) is 13.6 Å². The fraction of sp³-hybridized carbons (Fsp3) is 0.278. The van der Waals surface area contributed by atoms with Gasteiger partial charge in [-0.1, -0.05) is 49.4 Å². The predicted octanol–water partition coefficient (Wildman–Crippen LogP) is 4.21. The van der Waals surface area contributed by atoms with Gasteiger partial charge in [0.1, 0.15) is 5.75 Å². The molecule has 0 aliphatic heterocycles. The number of nitrogens with one attached hydrogen (secondary N) is 1. The van der Waals surface area contributed by atoms with Gasteiger partial charge in [0.2, 0.25) is 0 Å². The Morgan fingerprint density at radius 2 is 1.74 bits per heavy atom. The summed E-state index contributed by atoms with van der Waals surface area (Å²) in [4.78, 5) is 12.1. The third-order valence-electron chi connectivity index (χ3n) is 3.58. The van der Waals surface area contributed by atoms with Crippen LogP contribution in [0.25, 0.3) is 0 Å². The van der Waals surface area contributed by atoms with Gasteiger partial charge in [-0.2, -0.15) is 8.78 Å². The van der Waals surface area contributed by atoms with Crippen molar-refractivity contribution in [2.24, 2.45) is 0 Å². The molecular formula is C18H19F2NO2. The number of alkyl halides is 2. The lowest BCUT2D eigenvalue weighted by Gasteiger charge is -2.14. The van der Waals surface area contributed by atoms with E-state index in [1.165, 1.54) is 17.7 Å². The number of benzene rings is 2. The number of carbonyl (C=O) groups excluding carboxylic acids is 1. The number of hydrogen-bond donors (Lipinski definition) is 1. The molecule has 122 valence electrons. The van der Waals surface area contributed by atoms with Crippen LogP contribution in [0.3, 0.4) is 0 Å². The smallest absolute Gasteiger partial charge is 0.387 e. The van der Waals surface area contributed by atoms with Crippen molar-refractivity contribution in [3.05, 3.63) is 65.7 Å². The second-order valence-corrected chi connectivity index (χ2v) is 5.23. The number of amides is 1.